The van der Waals surface area contributed by atoms with Crippen molar-refractivity contribution in [3.05, 3.63) is 16.1 Å². The van der Waals surface area contributed by atoms with E-state index in [-0.39, 0.29) is 0 Å². The third-order valence-corrected chi connectivity index (χ3v) is 4.46. The van der Waals surface area contributed by atoms with Gasteiger partial charge in [-0.15, -0.1) is 11.3 Å². The van der Waals surface area contributed by atoms with Gasteiger partial charge in [-0.2, -0.15) is 11.8 Å². The second-order valence-electron chi connectivity index (χ2n) is 4.03. The van der Waals surface area contributed by atoms with Crippen LogP contribution in [0.3, 0.4) is 0 Å². The molecule has 0 aromatic carbocycles. The molecule has 0 aliphatic heterocycles. The molecule has 0 fully saturated rings. The fourth-order valence-corrected chi connectivity index (χ4v) is 3.01. The minimum absolute atomic E-state index is 0.452. The van der Waals surface area contributed by atoms with Gasteiger partial charge in [-0.1, -0.05) is 6.42 Å². The predicted octanol–water partition coefficient (Wildman–Crippen LogP) is 3.64. The Bertz CT molecular complexity index is 286. The number of unbranched alkanes of at least 4 members (excludes halogenated alkanes) is 2. The average molecular weight is 258 g/mol. The van der Waals surface area contributed by atoms with Crippen LogP contribution in [0.1, 0.15) is 42.8 Å². The molecule has 0 radical (unpaired) electrons. The smallest absolute Gasteiger partial charge is 0.0798 e. The molecule has 1 N–H and O–H groups in total. The Kier molecular flexibility index (Phi) is 7.08. The van der Waals surface area contributed by atoms with Gasteiger partial charge in [0, 0.05) is 10.9 Å². The van der Waals surface area contributed by atoms with Gasteiger partial charge in [-0.05, 0) is 45.2 Å². The van der Waals surface area contributed by atoms with Crippen molar-refractivity contribution in [1.82, 2.24) is 10.3 Å². The maximum absolute atomic E-state index is 4.28. The number of aryl methyl sites for hydroxylation is 1. The van der Waals surface area contributed by atoms with Crippen LogP contribution in [0.4, 0.5) is 0 Å². The van der Waals surface area contributed by atoms with Gasteiger partial charge in [0.05, 0.1) is 11.2 Å². The van der Waals surface area contributed by atoms with Crippen molar-refractivity contribution < 1.29 is 0 Å². The van der Waals surface area contributed by atoms with Crippen molar-refractivity contribution in [3.8, 4) is 0 Å². The van der Waals surface area contributed by atoms with Gasteiger partial charge in [0.25, 0.3) is 0 Å². The fourth-order valence-electron chi connectivity index (χ4n) is 1.69. The van der Waals surface area contributed by atoms with E-state index in [9.17, 15) is 0 Å². The zero-order valence-electron chi connectivity index (χ0n) is 10.5. The Balaban J connectivity index is 2.11. The lowest BCUT2D eigenvalue weighted by atomic mass is 10.2. The Morgan fingerprint density at radius 1 is 1.44 bits per heavy atom. The summed E-state index contributed by atoms with van der Waals surface area (Å²) in [5, 5.41) is 3.57. The van der Waals surface area contributed by atoms with Crippen molar-refractivity contribution in [2.45, 2.75) is 39.2 Å². The number of aromatic nitrogens is 1. The van der Waals surface area contributed by atoms with E-state index >= 15 is 0 Å². The van der Waals surface area contributed by atoms with Crippen molar-refractivity contribution in [3.63, 3.8) is 0 Å². The summed E-state index contributed by atoms with van der Waals surface area (Å²) in [7, 11) is 0. The lowest BCUT2D eigenvalue weighted by Gasteiger charge is -2.12. The largest absolute Gasteiger partial charge is 0.309 e. The molecule has 1 atom stereocenters. The summed E-state index contributed by atoms with van der Waals surface area (Å²) >= 11 is 3.69. The molecule has 1 heterocycles. The number of thioether (sulfide) groups is 1. The first-order valence-electron chi connectivity index (χ1n) is 5.88. The molecular formula is C12H22N2S2. The van der Waals surface area contributed by atoms with Crippen LogP contribution in [0.25, 0.3) is 0 Å². The molecule has 92 valence electrons. The quantitative estimate of drug-likeness (QED) is 0.721. The van der Waals surface area contributed by atoms with Crippen LogP contribution in [0.15, 0.2) is 5.51 Å². The van der Waals surface area contributed by atoms with Crippen molar-refractivity contribution in [2.24, 2.45) is 0 Å². The Morgan fingerprint density at radius 3 is 2.88 bits per heavy atom. The number of hydrogen-bond donors (Lipinski definition) is 1. The first-order chi connectivity index (χ1) is 7.75. The Labute approximate surface area is 107 Å². The summed E-state index contributed by atoms with van der Waals surface area (Å²) in [6, 6.07) is 0.452. The lowest BCUT2D eigenvalue weighted by molar-refractivity contribution is 0.548. The van der Waals surface area contributed by atoms with Crippen LogP contribution in [0, 0.1) is 6.92 Å². The summed E-state index contributed by atoms with van der Waals surface area (Å²) in [4.78, 5) is 5.66. The predicted molar refractivity (Wildman–Crippen MR) is 75.5 cm³/mol. The molecule has 16 heavy (non-hydrogen) atoms. The van der Waals surface area contributed by atoms with Crippen LogP contribution in [-0.4, -0.2) is 23.5 Å². The molecule has 2 nitrogen and oxygen atoms in total. The molecule has 0 aliphatic carbocycles. The summed E-state index contributed by atoms with van der Waals surface area (Å²) in [5.41, 5.74) is 3.11. The van der Waals surface area contributed by atoms with Gasteiger partial charge in [0.2, 0.25) is 0 Å². The maximum Gasteiger partial charge on any atom is 0.0798 e. The normalized spacial score (nSPS) is 12.9. The fraction of sp³-hybridized carbons (Fsp3) is 0.750. The van der Waals surface area contributed by atoms with Crippen molar-refractivity contribution in [1.29, 1.82) is 0 Å². The summed E-state index contributed by atoms with van der Waals surface area (Å²) < 4.78 is 0. The van der Waals surface area contributed by atoms with Crippen LogP contribution >= 0.6 is 23.1 Å². The van der Waals surface area contributed by atoms with Crippen LogP contribution < -0.4 is 5.32 Å². The van der Waals surface area contributed by atoms with E-state index in [1.165, 1.54) is 35.6 Å². The second-order valence-corrected chi connectivity index (χ2v) is 5.90. The van der Waals surface area contributed by atoms with E-state index in [0.717, 1.165) is 6.54 Å². The summed E-state index contributed by atoms with van der Waals surface area (Å²) in [6.07, 6.45) is 6.13. The van der Waals surface area contributed by atoms with Crippen LogP contribution in [-0.2, 0) is 0 Å². The number of nitrogens with zero attached hydrogens (tertiary/aromatic N) is 1. The zero-order chi connectivity index (χ0) is 11.8. The third-order valence-electron chi connectivity index (χ3n) is 2.65. The maximum atomic E-state index is 4.28. The molecule has 4 heteroatoms. The zero-order valence-corrected chi connectivity index (χ0v) is 12.1. The molecular weight excluding hydrogens is 236 g/mol. The van der Waals surface area contributed by atoms with Gasteiger partial charge in [-0.25, -0.2) is 4.98 Å². The standard InChI is InChI=1S/C12H22N2S2/c1-10(12-11(2)14-9-16-12)13-7-5-4-6-8-15-3/h9-10,13H,4-8H2,1-3H3. The highest BCUT2D eigenvalue weighted by Gasteiger charge is 2.09. The molecule has 0 amide bonds. The highest BCUT2D eigenvalue weighted by atomic mass is 32.2. The number of rotatable bonds is 8. The lowest BCUT2D eigenvalue weighted by Crippen LogP contribution is -2.19. The Morgan fingerprint density at radius 2 is 2.25 bits per heavy atom. The number of nitrogens with one attached hydrogen (secondary N) is 1. The van der Waals surface area contributed by atoms with Gasteiger partial charge in [-0.3, -0.25) is 0 Å². The SMILES string of the molecule is CSCCCCCNC(C)c1scnc1C. The Hall–Kier alpha value is -0.0600. The van der Waals surface area contributed by atoms with Crippen molar-refractivity contribution >= 4 is 23.1 Å². The number of thiazole rings is 1. The average Bonchev–Trinajstić information content (AvgIpc) is 2.69. The van der Waals surface area contributed by atoms with E-state index in [0.29, 0.717) is 6.04 Å². The molecule has 0 aliphatic rings. The van der Waals surface area contributed by atoms with Crippen molar-refractivity contribution in [2.75, 3.05) is 18.6 Å². The summed E-state index contributed by atoms with van der Waals surface area (Å²) in [5.74, 6) is 1.30. The van der Waals surface area contributed by atoms with E-state index in [1.54, 1.807) is 11.3 Å². The molecule has 0 bridgehead atoms. The summed E-state index contributed by atoms with van der Waals surface area (Å²) in [6.45, 7) is 5.43. The molecule has 1 rings (SSSR count). The third kappa shape index (κ3) is 4.85. The highest BCUT2D eigenvalue weighted by Crippen LogP contribution is 2.20. The number of hydrogen-bond acceptors (Lipinski definition) is 4. The molecule has 0 spiro atoms. The van der Waals surface area contributed by atoms with Gasteiger partial charge in [0.15, 0.2) is 0 Å². The molecule has 1 unspecified atom stereocenters. The molecule has 1 aromatic heterocycles. The minimum Gasteiger partial charge on any atom is -0.309 e. The minimum atomic E-state index is 0.452. The van der Waals surface area contributed by atoms with Crippen LogP contribution in [0.5, 0.6) is 0 Å². The first-order valence-corrected chi connectivity index (χ1v) is 8.15. The topological polar surface area (TPSA) is 24.9 Å². The van der Waals surface area contributed by atoms with Crippen LogP contribution in [0.2, 0.25) is 0 Å². The second kappa shape index (κ2) is 8.09. The van der Waals surface area contributed by atoms with Gasteiger partial charge >= 0.3 is 0 Å². The van der Waals surface area contributed by atoms with Gasteiger partial charge < -0.3 is 5.32 Å². The first kappa shape index (κ1) is 14.0. The van der Waals surface area contributed by atoms with E-state index in [4.69, 9.17) is 0 Å². The molecule has 0 saturated heterocycles. The van der Waals surface area contributed by atoms with Gasteiger partial charge in [0.1, 0.15) is 0 Å². The molecule has 1 aromatic rings. The van der Waals surface area contributed by atoms with E-state index < -0.39 is 0 Å². The highest BCUT2D eigenvalue weighted by molar-refractivity contribution is 7.98. The monoisotopic (exact) mass is 258 g/mol. The van der Waals surface area contributed by atoms with E-state index in [2.05, 4.69) is 30.4 Å². The molecule has 0 saturated carbocycles. The van der Waals surface area contributed by atoms with E-state index in [1.807, 2.05) is 17.3 Å².